The molecule has 1 aliphatic heterocycles. The van der Waals surface area contributed by atoms with E-state index in [9.17, 15) is 18.8 Å². The number of hydrogen-bond donors (Lipinski definition) is 0. The van der Waals surface area contributed by atoms with E-state index in [0.717, 1.165) is 26.7 Å². The number of ketones is 1. The minimum absolute atomic E-state index is 0.179. The van der Waals surface area contributed by atoms with E-state index >= 15 is 0 Å². The lowest BCUT2D eigenvalue weighted by atomic mass is 10.1. The number of ether oxygens (including phenoxy) is 1. The lowest BCUT2D eigenvalue weighted by Crippen LogP contribution is -2.33. The molecular formula is C25H16BrClFNO4S. The summed E-state index contributed by atoms with van der Waals surface area (Å²) in [5, 5.41) is -0.0422. The third kappa shape index (κ3) is 5.75. The molecule has 0 atom stereocenters. The van der Waals surface area contributed by atoms with Gasteiger partial charge in [-0.05, 0) is 78.0 Å². The van der Waals surface area contributed by atoms with Crippen LogP contribution in [-0.2, 0) is 11.4 Å². The summed E-state index contributed by atoms with van der Waals surface area (Å²) < 4.78 is 19.8. The Morgan fingerprint density at radius 3 is 2.47 bits per heavy atom. The Labute approximate surface area is 212 Å². The van der Waals surface area contributed by atoms with Crippen LogP contribution in [0.15, 0.2) is 76.1 Å². The zero-order valence-corrected chi connectivity index (χ0v) is 20.6. The maximum atomic E-state index is 13.1. The van der Waals surface area contributed by atoms with Crippen molar-refractivity contribution in [2.45, 2.75) is 6.61 Å². The Hall–Kier alpha value is -2.94. The molecule has 0 radical (unpaired) electrons. The van der Waals surface area contributed by atoms with E-state index in [0.29, 0.717) is 21.9 Å². The van der Waals surface area contributed by atoms with E-state index in [2.05, 4.69) is 15.9 Å². The zero-order chi connectivity index (χ0) is 24.2. The first kappa shape index (κ1) is 24.2. The van der Waals surface area contributed by atoms with Crippen LogP contribution in [0, 0.1) is 5.82 Å². The Balaban J connectivity index is 1.52. The number of carbonyl (C=O) groups is 3. The van der Waals surface area contributed by atoms with Gasteiger partial charge in [0.2, 0.25) is 0 Å². The van der Waals surface area contributed by atoms with Crippen LogP contribution in [0.4, 0.5) is 9.18 Å². The van der Waals surface area contributed by atoms with E-state index in [1.54, 1.807) is 60.7 Å². The predicted molar refractivity (Wildman–Crippen MR) is 133 cm³/mol. The predicted octanol–water partition coefficient (Wildman–Crippen LogP) is 6.74. The third-order valence-corrected chi connectivity index (χ3v) is 6.56. The smallest absolute Gasteiger partial charge is 0.293 e. The molecule has 5 nitrogen and oxygen atoms in total. The lowest BCUT2D eigenvalue weighted by Gasteiger charge is -2.12. The molecule has 1 fully saturated rings. The second-order valence-corrected chi connectivity index (χ2v) is 9.64. The average Bonchev–Trinajstić information content (AvgIpc) is 3.07. The Kier molecular flexibility index (Phi) is 7.50. The number of carbonyl (C=O) groups excluding carboxylic acids is 3. The SMILES string of the molecule is O=C(CN1C(=O)S/C(=C\c2cc(Br)ccc2OCc2ccc(F)cc2)C1=O)c1ccc(Cl)cc1. The van der Waals surface area contributed by atoms with Crippen LogP contribution < -0.4 is 4.74 Å². The van der Waals surface area contributed by atoms with Crippen molar-refractivity contribution >= 4 is 62.3 Å². The largest absolute Gasteiger partial charge is 0.488 e. The molecule has 0 bridgehead atoms. The molecule has 34 heavy (non-hydrogen) atoms. The van der Waals surface area contributed by atoms with Crippen LogP contribution in [0.1, 0.15) is 21.5 Å². The standard InChI is InChI=1S/C25H16BrClFNO4S/c26-18-5-10-22(33-14-15-1-8-20(28)9-2-15)17(11-18)12-23-24(31)29(25(32)34-23)13-21(30)16-3-6-19(27)7-4-16/h1-12H,13-14H2/b23-12-. The van der Waals surface area contributed by atoms with Gasteiger partial charge in [0, 0.05) is 20.6 Å². The summed E-state index contributed by atoms with van der Waals surface area (Å²) in [6, 6.07) is 17.5. The van der Waals surface area contributed by atoms with E-state index in [4.69, 9.17) is 16.3 Å². The van der Waals surface area contributed by atoms with Crippen molar-refractivity contribution in [1.82, 2.24) is 4.90 Å². The van der Waals surface area contributed by atoms with E-state index in [1.807, 2.05) is 0 Å². The van der Waals surface area contributed by atoms with Gasteiger partial charge in [-0.1, -0.05) is 39.7 Å². The fourth-order valence-corrected chi connectivity index (χ4v) is 4.49. The molecule has 0 aliphatic carbocycles. The number of imide groups is 1. The van der Waals surface area contributed by atoms with Crippen molar-refractivity contribution in [2.75, 3.05) is 6.54 Å². The summed E-state index contributed by atoms with van der Waals surface area (Å²) in [6.45, 7) is -0.171. The minimum Gasteiger partial charge on any atom is -0.488 e. The molecular weight excluding hydrogens is 545 g/mol. The van der Waals surface area contributed by atoms with Gasteiger partial charge < -0.3 is 4.74 Å². The van der Waals surface area contributed by atoms with Crippen molar-refractivity contribution in [3.63, 3.8) is 0 Å². The lowest BCUT2D eigenvalue weighted by molar-refractivity contribution is -0.122. The summed E-state index contributed by atoms with van der Waals surface area (Å²) in [4.78, 5) is 39.0. The van der Waals surface area contributed by atoms with E-state index in [1.165, 1.54) is 12.1 Å². The summed E-state index contributed by atoms with van der Waals surface area (Å²) >= 11 is 10.0. The van der Waals surface area contributed by atoms with E-state index in [-0.39, 0.29) is 29.7 Å². The van der Waals surface area contributed by atoms with Crippen molar-refractivity contribution in [1.29, 1.82) is 0 Å². The molecule has 4 rings (SSSR count). The maximum absolute atomic E-state index is 13.1. The van der Waals surface area contributed by atoms with E-state index < -0.39 is 11.1 Å². The number of rotatable bonds is 7. The molecule has 1 aliphatic rings. The van der Waals surface area contributed by atoms with Crippen LogP contribution >= 0.6 is 39.3 Å². The van der Waals surface area contributed by atoms with Crippen LogP contribution in [0.5, 0.6) is 5.75 Å². The quantitative estimate of drug-likeness (QED) is 0.237. The molecule has 3 aromatic carbocycles. The Bertz CT molecular complexity index is 1300. The van der Waals surface area contributed by atoms with Gasteiger partial charge >= 0.3 is 0 Å². The fraction of sp³-hybridized carbons (Fsp3) is 0.0800. The van der Waals surface area contributed by atoms with Crippen LogP contribution in [0.2, 0.25) is 5.02 Å². The van der Waals surface area contributed by atoms with Gasteiger partial charge in [0.05, 0.1) is 11.4 Å². The number of halogens is 3. The first-order valence-electron chi connectivity index (χ1n) is 10.0. The van der Waals surface area contributed by atoms with Gasteiger partial charge in [-0.15, -0.1) is 0 Å². The molecule has 1 saturated heterocycles. The number of benzene rings is 3. The fourth-order valence-electron chi connectivity index (χ4n) is 3.15. The van der Waals surface area contributed by atoms with Crippen LogP contribution in [0.3, 0.4) is 0 Å². The number of Topliss-reactive ketones (excluding diaryl/α,β-unsaturated/α-hetero) is 1. The maximum Gasteiger partial charge on any atom is 0.293 e. The van der Waals surface area contributed by atoms with Crippen LogP contribution in [0.25, 0.3) is 6.08 Å². The molecule has 0 aromatic heterocycles. The molecule has 9 heteroatoms. The number of thioether (sulfide) groups is 1. The highest BCUT2D eigenvalue weighted by Crippen LogP contribution is 2.35. The first-order valence-corrected chi connectivity index (χ1v) is 12.0. The molecule has 0 spiro atoms. The Morgan fingerprint density at radius 1 is 1.06 bits per heavy atom. The second-order valence-electron chi connectivity index (χ2n) is 7.30. The van der Waals surface area contributed by atoms with Gasteiger partial charge in [0.1, 0.15) is 18.2 Å². The molecule has 0 unspecified atom stereocenters. The normalized spacial score (nSPS) is 14.7. The summed E-state index contributed by atoms with van der Waals surface area (Å²) in [5.41, 5.74) is 1.71. The highest BCUT2D eigenvalue weighted by molar-refractivity contribution is 9.10. The minimum atomic E-state index is -0.554. The molecule has 2 amide bonds. The first-order chi connectivity index (χ1) is 16.3. The highest BCUT2D eigenvalue weighted by Gasteiger charge is 2.36. The number of hydrogen-bond acceptors (Lipinski definition) is 5. The monoisotopic (exact) mass is 559 g/mol. The summed E-state index contributed by atoms with van der Waals surface area (Å²) in [5.74, 6) is -0.775. The van der Waals surface area contributed by atoms with Crippen LogP contribution in [-0.4, -0.2) is 28.4 Å². The highest BCUT2D eigenvalue weighted by atomic mass is 79.9. The van der Waals surface area contributed by atoms with Gasteiger partial charge in [-0.25, -0.2) is 4.39 Å². The van der Waals surface area contributed by atoms with Crippen molar-refractivity contribution in [3.8, 4) is 5.75 Å². The van der Waals surface area contributed by atoms with Gasteiger partial charge in [-0.2, -0.15) is 0 Å². The van der Waals surface area contributed by atoms with Crippen molar-refractivity contribution in [2.24, 2.45) is 0 Å². The van der Waals surface area contributed by atoms with Gasteiger partial charge in [0.25, 0.3) is 11.1 Å². The molecule has 172 valence electrons. The Morgan fingerprint density at radius 2 is 1.76 bits per heavy atom. The molecule has 3 aromatic rings. The molecule has 1 heterocycles. The van der Waals surface area contributed by atoms with Gasteiger partial charge in [-0.3, -0.25) is 19.3 Å². The zero-order valence-electron chi connectivity index (χ0n) is 17.5. The number of amides is 2. The summed E-state index contributed by atoms with van der Waals surface area (Å²) in [7, 11) is 0. The average molecular weight is 561 g/mol. The van der Waals surface area contributed by atoms with Crippen molar-refractivity contribution in [3.05, 3.63) is 104 Å². The molecule has 0 saturated carbocycles. The molecule has 0 N–H and O–H groups in total. The number of nitrogens with zero attached hydrogens (tertiary/aromatic N) is 1. The topological polar surface area (TPSA) is 63.7 Å². The summed E-state index contributed by atoms with van der Waals surface area (Å²) in [6.07, 6.45) is 1.56. The second kappa shape index (κ2) is 10.5. The van der Waals surface area contributed by atoms with Crippen molar-refractivity contribution < 1.29 is 23.5 Å². The third-order valence-electron chi connectivity index (χ3n) is 4.91. The van der Waals surface area contributed by atoms with Gasteiger partial charge in [0.15, 0.2) is 5.78 Å².